The number of nitrogens with one attached hydrogen (secondary N) is 1. The van der Waals surface area contributed by atoms with Gasteiger partial charge in [-0.3, -0.25) is 0 Å². The molecule has 19 heavy (non-hydrogen) atoms. The van der Waals surface area contributed by atoms with Gasteiger partial charge in [-0.05, 0) is 37.5 Å². The maximum atomic E-state index is 9.21. The Kier molecular flexibility index (Phi) is 4.81. The first-order valence-electron chi connectivity index (χ1n) is 7.04. The molecule has 3 heteroatoms. The third-order valence-corrected chi connectivity index (χ3v) is 4.01. The third kappa shape index (κ3) is 3.48. The SMILES string of the molecule is COc1ccc(C(C)NC2CCCCC2C#N)cc1. The van der Waals surface area contributed by atoms with Gasteiger partial charge in [0.15, 0.2) is 0 Å². The number of hydrogen-bond acceptors (Lipinski definition) is 3. The van der Waals surface area contributed by atoms with Crippen LogP contribution >= 0.6 is 0 Å². The highest BCUT2D eigenvalue weighted by Gasteiger charge is 2.26. The van der Waals surface area contributed by atoms with Crippen LogP contribution < -0.4 is 10.1 Å². The van der Waals surface area contributed by atoms with Crippen molar-refractivity contribution in [3.05, 3.63) is 29.8 Å². The van der Waals surface area contributed by atoms with Gasteiger partial charge in [0.25, 0.3) is 0 Å². The van der Waals surface area contributed by atoms with Crippen molar-refractivity contribution in [2.45, 2.75) is 44.7 Å². The fourth-order valence-corrected chi connectivity index (χ4v) is 2.79. The second kappa shape index (κ2) is 6.58. The minimum atomic E-state index is 0.162. The minimum absolute atomic E-state index is 0.162. The number of nitrogens with zero attached hydrogens (tertiary/aromatic N) is 1. The Morgan fingerprint density at radius 2 is 1.95 bits per heavy atom. The third-order valence-electron chi connectivity index (χ3n) is 4.01. The highest BCUT2D eigenvalue weighted by Crippen LogP contribution is 2.26. The molecule has 1 aromatic rings. The Morgan fingerprint density at radius 3 is 2.58 bits per heavy atom. The normalized spacial score (nSPS) is 24.5. The molecule has 2 rings (SSSR count). The van der Waals surface area contributed by atoms with E-state index in [0.29, 0.717) is 6.04 Å². The molecule has 1 fully saturated rings. The molecule has 0 saturated heterocycles. The molecule has 0 spiro atoms. The molecule has 0 aromatic heterocycles. The summed E-state index contributed by atoms with van der Waals surface area (Å²) < 4.78 is 5.17. The van der Waals surface area contributed by atoms with Gasteiger partial charge in [0.1, 0.15) is 5.75 Å². The van der Waals surface area contributed by atoms with Gasteiger partial charge in [-0.15, -0.1) is 0 Å². The first-order chi connectivity index (χ1) is 9.24. The first kappa shape index (κ1) is 13.9. The number of rotatable bonds is 4. The van der Waals surface area contributed by atoms with Crippen molar-refractivity contribution in [1.29, 1.82) is 5.26 Å². The molecule has 1 N–H and O–H groups in total. The van der Waals surface area contributed by atoms with E-state index in [4.69, 9.17) is 4.74 Å². The van der Waals surface area contributed by atoms with E-state index in [-0.39, 0.29) is 12.0 Å². The van der Waals surface area contributed by atoms with Crippen molar-refractivity contribution in [3.8, 4) is 11.8 Å². The summed E-state index contributed by atoms with van der Waals surface area (Å²) in [5, 5.41) is 12.8. The minimum Gasteiger partial charge on any atom is -0.497 e. The molecule has 1 saturated carbocycles. The van der Waals surface area contributed by atoms with E-state index < -0.39 is 0 Å². The molecule has 3 unspecified atom stereocenters. The predicted octanol–water partition coefficient (Wildman–Crippen LogP) is 3.43. The molecule has 3 atom stereocenters. The molecule has 1 aliphatic carbocycles. The largest absolute Gasteiger partial charge is 0.497 e. The van der Waals surface area contributed by atoms with E-state index in [1.165, 1.54) is 18.4 Å². The van der Waals surface area contributed by atoms with Crippen LogP contribution in [-0.2, 0) is 0 Å². The van der Waals surface area contributed by atoms with Crippen molar-refractivity contribution in [3.63, 3.8) is 0 Å². The molecule has 0 aliphatic heterocycles. The van der Waals surface area contributed by atoms with Gasteiger partial charge in [0.2, 0.25) is 0 Å². The topological polar surface area (TPSA) is 45.0 Å². The fraction of sp³-hybridized carbons (Fsp3) is 0.562. The zero-order valence-corrected chi connectivity index (χ0v) is 11.7. The molecular formula is C16H22N2O. The molecule has 3 nitrogen and oxygen atoms in total. The lowest BCUT2D eigenvalue weighted by Crippen LogP contribution is -2.39. The number of nitriles is 1. The van der Waals surface area contributed by atoms with Crippen LogP contribution in [0.3, 0.4) is 0 Å². The molecule has 1 aromatic carbocycles. The second-order valence-electron chi connectivity index (χ2n) is 5.29. The molecule has 0 bridgehead atoms. The van der Waals surface area contributed by atoms with Crippen LogP contribution in [-0.4, -0.2) is 13.2 Å². The van der Waals surface area contributed by atoms with Gasteiger partial charge in [0, 0.05) is 12.1 Å². The van der Waals surface area contributed by atoms with Gasteiger partial charge in [-0.1, -0.05) is 25.0 Å². The summed E-state index contributed by atoms with van der Waals surface area (Å²) in [5.74, 6) is 1.04. The molecular weight excluding hydrogens is 236 g/mol. The average molecular weight is 258 g/mol. The molecule has 0 heterocycles. The monoisotopic (exact) mass is 258 g/mol. The molecule has 0 amide bonds. The zero-order chi connectivity index (χ0) is 13.7. The van der Waals surface area contributed by atoms with E-state index in [9.17, 15) is 5.26 Å². The van der Waals surface area contributed by atoms with Crippen molar-refractivity contribution < 1.29 is 4.74 Å². The highest BCUT2D eigenvalue weighted by molar-refractivity contribution is 5.28. The van der Waals surface area contributed by atoms with Crippen molar-refractivity contribution >= 4 is 0 Å². The smallest absolute Gasteiger partial charge is 0.118 e. The van der Waals surface area contributed by atoms with Crippen LogP contribution in [0.4, 0.5) is 0 Å². The number of benzene rings is 1. The Hall–Kier alpha value is -1.53. The van der Waals surface area contributed by atoms with Gasteiger partial charge in [-0.25, -0.2) is 0 Å². The molecule has 102 valence electrons. The van der Waals surface area contributed by atoms with E-state index in [1.807, 2.05) is 12.1 Å². The molecule has 1 aliphatic rings. The number of methoxy groups -OCH3 is 1. The highest BCUT2D eigenvalue weighted by atomic mass is 16.5. The number of ether oxygens (including phenoxy) is 1. The maximum absolute atomic E-state index is 9.21. The van der Waals surface area contributed by atoms with Crippen molar-refractivity contribution in [1.82, 2.24) is 5.32 Å². The van der Waals surface area contributed by atoms with Crippen LogP contribution in [0.5, 0.6) is 5.75 Å². The predicted molar refractivity (Wildman–Crippen MR) is 75.9 cm³/mol. The van der Waals surface area contributed by atoms with Gasteiger partial charge in [-0.2, -0.15) is 5.26 Å². The maximum Gasteiger partial charge on any atom is 0.118 e. The summed E-state index contributed by atoms with van der Waals surface area (Å²) in [6.45, 7) is 2.16. The lowest BCUT2D eigenvalue weighted by atomic mass is 9.85. The zero-order valence-electron chi connectivity index (χ0n) is 11.7. The quantitative estimate of drug-likeness (QED) is 0.900. The van der Waals surface area contributed by atoms with Crippen LogP contribution in [0.15, 0.2) is 24.3 Å². The van der Waals surface area contributed by atoms with Gasteiger partial charge < -0.3 is 10.1 Å². The Bertz CT molecular complexity index is 435. The average Bonchev–Trinajstić information content (AvgIpc) is 2.48. The van der Waals surface area contributed by atoms with E-state index in [1.54, 1.807) is 7.11 Å². The summed E-state index contributed by atoms with van der Waals surface area (Å²) in [6.07, 6.45) is 4.56. The summed E-state index contributed by atoms with van der Waals surface area (Å²) in [7, 11) is 1.68. The van der Waals surface area contributed by atoms with Crippen LogP contribution in [0.1, 0.15) is 44.2 Å². The van der Waals surface area contributed by atoms with Crippen LogP contribution in [0, 0.1) is 17.2 Å². The Balaban J connectivity index is 1.99. The molecule has 0 radical (unpaired) electrons. The standard InChI is InChI=1S/C16H22N2O/c1-12(13-7-9-15(19-2)10-8-13)18-16-6-4-3-5-14(16)11-17/h7-10,12,14,16,18H,3-6H2,1-2H3. The Labute approximate surface area is 115 Å². The lowest BCUT2D eigenvalue weighted by molar-refractivity contribution is 0.292. The van der Waals surface area contributed by atoms with Crippen molar-refractivity contribution in [2.24, 2.45) is 5.92 Å². The van der Waals surface area contributed by atoms with Gasteiger partial charge >= 0.3 is 0 Å². The van der Waals surface area contributed by atoms with Gasteiger partial charge in [0.05, 0.1) is 19.1 Å². The van der Waals surface area contributed by atoms with Crippen LogP contribution in [0.25, 0.3) is 0 Å². The lowest BCUT2D eigenvalue weighted by Gasteiger charge is -2.30. The second-order valence-corrected chi connectivity index (χ2v) is 5.29. The fourth-order valence-electron chi connectivity index (χ4n) is 2.79. The van der Waals surface area contributed by atoms with E-state index in [2.05, 4.69) is 30.4 Å². The summed E-state index contributed by atoms with van der Waals surface area (Å²) in [4.78, 5) is 0. The Morgan fingerprint density at radius 1 is 1.26 bits per heavy atom. The summed E-state index contributed by atoms with van der Waals surface area (Å²) in [5.41, 5.74) is 1.24. The van der Waals surface area contributed by atoms with Crippen molar-refractivity contribution in [2.75, 3.05) is 7.11 Å². The summed E-state index contributed by atoms with van der Waals surface area (Å²) in [6, 6.07) is 11.2. The van der Waals surface area contributed by atoms with E-state index in [0.717, 1.165) is 18.6 Å². The number of hydrogen-bond donors (Lipinski definition) is 1. The van der Waals surface area contributed by atoms with Crippen LogP contribution in [0.2, 0.25) is 0 Å². The first-order valence-corrected chi connectivity index (χ1v) is 7.04. The van der Waals surface area contributed by atoms with E-state index >= 15 is 0 Å². The summed E-state index contributed by atoms with van der Waals surface area (Å²) >= 11 is 0.